The first-order chi connectivity index (χ1) is 35.5. The molecule has 0 fully saturated rings. The lowest BCUT2D eigenvalue weighted by Gasteiger charge is -2.26. The third kappa shape index (κ3) is 58.5. The second-order valence-corrected chi connectivity index (χ2v) is 25.0. The molecule has 0 saturated heterocycles. The third-order valence-corrected chi connectivity index (χ3v) is 15.9. The zero-order valence-electron chi connectivity index (χ0n) is 49.7. The molecular formula is C64H128N2O6P+. The quantitative estimate of drug-likeness (QED) is 0.0243. The van der Waals surface area contributed by atoms with E-state index >= 15 is 0 Å². The van der Waals surface area contributed by atoms with E-state index in [9.17, 15) is 19.4 Å². The Kier molecular flexibility index (Phi) is 54.9. The van der Waals surface area contributed by atoms with Gasteiger partial charge in [-0.2, -0.15) is 0 Å². The first-order valence-corrected chi connectivity index (χ1v) is 33.7. The van der Waals surface area contributed by atoms with Gasteiger partial charge in [0.15, 0.2) is 0 Å². The molecule has 73 heavy (non-hydrogen) atoms. The van der Waals surface area contributed by atoms with Gasteiger partial charge in [0.05, 0.1) is 39.9 Å². The Morgan fingerprint density at radius 3 is 1.12 bits per heavy atom. The SMILES string of the molecule is CCCCCCCCCCC/C=C\C/C=C\CCCCCCCCCCCCCCCCCCCC(=O)NC(COP(=O)(O)OCC[N+](C)(C)C)C(O)CCCCCCCCCCCCCCCCCCCC. The minimum Gasteiger partial charge on any atom is -0.391 e. The maximum absolute atomic E-state index is 13.0. The van der Waals surface area contributed by atoms with Crippen LogP contribution in [0.1, 0.15) is 328 Å². The molecule has 9 heteroatoms. The summed E-state index contributed by atoms with van der Waals surface area (Å²) in [5, 5.41) is 14.1. The number of aliphatic hydroxyl groups excluding tert-OH is 1. The predicted octanol–water partition coefficient (Wildman–Crippen LogP) is 19.9. The van der Waals surface area contributed by atoms with Crippen LogP contribution in [0.15, 0.2) is 24.3 Å². The monoisotopic (exact) mass is 1050 g/mol. The van der Waals surface area contributed by atoms with Crippen molar-refractivity contribution in [3.8, 4) is 0 Å². The van der Waals surface area contributed by atoms with Gasteiger partial charge in [0.1, 0.15) is 13.2 Å². The highest BCUT2D eigenvalue weighted by atomic mass is 31.2. The fourth-order valence-corrected chi connectivity index (χ4v) is 10.6. The number of amides is 1. The first kappa shape index (κ1) is 72.0. The Bertz CT molecular complexity index is 1240. The molecule has 0 radical (unpaired) electrons. The molecule has 0 aromatic carbocycles. The van der Waals surface area contributed by atoms with Gasteiger partial charge in [-0.1, -0.05) is 301 Å². The number of likely N-dealkylation sites (N-methyl/N-ethyl adjacent to an activating group) is 1. The zero-order valence-corrected chi connectivity index (χ0v) is 50.5. The smallest absolute Gasteiger partial charge is 0.391 e. The number of phosphoric acid groups is 1. The molecule has 8 nitrogen and oxygen atoms in total. The molecule has 0 saturated carbocycles. The molecule has 0 aliphatic carbocycles. The largest absolute Gasteiger partial charge is 0.472 e. The second kappa shape index (κ2) is 55.7. The van der Waals surface area contributed by atoms with Crippen molar-refractivity contribution in [3.05, 3.63) is 24.3 Å². The maximum atomic E-state index is 13.0. The summed E-state index contributed by atoms with van der Waals surface area (Å²) in [7, 11) is 1.63. The Morgan fingerprint density at radius 1 is 0.466 bits per heavy atom. The molecule has 3 atom stereocenters. The van der Waals surface area contributed by atoms with Gasteiger partial charge < -0.3 is 19.8 Å². The van der Waals surface area contributed by atoms with Gasteiger partial charge in [-0.3, -0.25) is 13.8 Å². The lowest BCUT2D eigenvalue weighted by molar-refractivity contribution is -0.870. The lowest BCUT2D eigenvalue weighted by atomic mass is 10.0. The Morgan fingerprint density at radius 2 is 0.781 bits per heavy atom. The van der Waals surface area contributed by atoms with Crippen LogP contribution in [0.4, 0.5) is 0 Å². The van der Waals surface area contributed by atoms with Crippen molar-refractivity contribution < 1.29 is 32.9 Å². The van der Waals surface area contributed by atoms with Crippen molar-refractivity contribution in [2.75, 3.05) is 40.9 Å². The molecule has 0 aromatic heterocycles. The van der Waals surface area contributed by atoms with Gasteiger partial charge in [0.25, 0.3) is 0 Å². The number of aliphatic hydroxyl groups is 1. The van der Waals surface area contributed by atoms with E-state index in [2.05, 4.69) is 43.5 Å². The molecule has 0 heterocycles. The fourth-order valence-electron chi connectivity index (χ4n) is 9.90. The van der Waals surface area contributed by atoms with Crippen LogP contribution in [0.3, 0.4) is 0 Å². The average molecular weight is 1050 g/mol. The van der Waals surface area contributed by atoms with Crippen LogP contribution in [0, 0.1) is 0 Å². The summed E-state index contributed by atoms with van der Waals surface area (Å²) in [4.78, 5) is 23.4. The predicted molar refractivity (Wildman–Crippen MR) is 318 cm³/mol. The zero-order chi connectivity index (χ0) is 53.5. The number of nitrogens with zero attached hydrogens (tertiary/aromatic N) is 1. The van der Waals surface area contributed by atoms with Crippen LogP contribution in [0.5, 0.6) is 0 Å². The molecule has 3 unspecified atom stereocenters. The number of phosphoric ester groups is 1. The lowest BCUT2D eigenvalue weighted by Crippen LogP contribution is -2.46. The number of rotatable bonds is 60. The Balaban J connectivity index is 4.00. The summed E-state index contributed by atoms with van der Waals surface area (Å²) in [5.41, 5.74) is 0. The van der Waals surface area contributed by atoms with Crippen LogP contribution in [-0.2, 0) is 18.4 Å². The number of quaternary nitrogens is 1. The van der Waals surface area contributed by atoms with Gasteiger partial charge >= 0.3 is 7.82 Å². The number of unbranched alkanes of at least 4 members (excludes halogenated alkanes) is 43. The summed E-state index contributed by atoms with van der Waals surface area (Å²) in [6.45, 7) is 4.94. The average Bonchev–Trinajstić information content (AvgIpc) is 3.35. The topological polar surface area (TPSA) is 105 Å². The van der Waals surface area contributed by atoms with E-state index < -0.39 is 20.0 Å². The van der Waals surface area contributed by atoms with E-state index in [4.69, 9.17) is 9.05 Å². The summed E-state index contributed by atoms with van der Waals surface area (Å²) < 4.78 is 23.8. The van der Waals surface area contributed by atoms with Crippen molar-refractivity contribution in [2.45, 2.75) is 341 Å². The number of carbonyl (C=O) groups excluding carboxylic acids is 1. The third-order valence-electron chi connectivity index (χ3n) is 15.0. The summed E-state index contributed by atoms with van der Waals surface area (Å²) >= 11 is 0. The van der Waals surface area contributed by atoms with Crippen LogP contribution in [0.25, 0.3) is 0 Å². The number of carbonyl (C=O) groups is 1. The molecule has 0 spiro atoms. The highest BCUT2D eigenvalue weighted by Crippen LogP contribution is 2.43. The number of nitrogens with one attached hydrogen (secondary N) is 1. The Labute approximate surface area is 455 Å². The second-order valence-electron chi connectivity index (χ2n) is 23.5. The van der Waals surface area contributed by atoms with Gasteiger partial charge in [-0.05, 0) is 44.9 Å². The fraction of sp³-hybridized carbons (Fsp3) is 0.922. The molecule has 1 amide bonds. The first-order valence-electron chi connectivity index (χ1n) is 32.2. The minimum atomic E-state index is -4.32. The van der Waals surface area contributed by atoms with Crippen molar-refractivity contribution in [1.29, 1.82) is 0 Å². The molecule has 3 N–H and O–H groups in total. The van der Waals surface area contributed by atoms with Gasteiger partial charge in [-0.15, -0.1) is 0 Å². The molecule has 434 valence electrons. The van der Waals surface area contributed by atoms with E-state index in [1.807, 2.05) is 21.1 Å². The van der Waals surface area contributed by atoms with Gasteiger partial charge in [-0.25, -0.2) is 4.57 Å². The highest BCUT2D eigenvalue weighted by molar-refractivity contribution is 7.47. The summed E-state index contributed by atoms with van der Waals surface area (Å²) in [6, 6.07) is -0.759. The molecule has 0 bridgehead atoms. The van der Waals surface area contributed by atoms with Crippen molar-refractivity contribution in [1.82, 2.24) is 5.32 Å². The number of hydrogen-bond donors (Lipinski definition) is 3. The van der Waals surface area contributed by atoms with Crippen LogP contribution < -0.4 is 5.32 Å². The van der Waals surface area contributed by atoms with E-state index in [1.165, 1.54) is 257 Å². The van der Waals surface area contributed by atoms with Crippen molar-refractivity contribution >= 4 is 13.7 Å². The summed E-state index contributed by atoms with van der Waals surface area (Å²) in [5.74, 6) is -0.138. The molecule has 0 aliphatic rings. The minimum absolute atomic E-state index is 0.0770. The number of allylic oxidation sites excluding steroid dienone is 4. The standard InChI is InChI=1S/C64H127N2O6P/c1-6-8-10-12-14-16-18-20-22-24-26-27-28-29-30-31-32-33-34-35-36-37-38-39-40-42-44-46-48-50-52-54-56-58-64(68)65-62(61-72-73(69,70)71-60-59-66(3,4)5)63(67)57-55-53-51-49-47-45-43-41-25-23-21-19-17-15-13-11-9-7-2/h26-27,29-30,62-63,67H,6-25,28,31-61H2,1-5H3,(H-,65,68,69,70)/p+1/b27-26-,30-29-. The van der Waals surface area contributed by atoms with E-state index in [0.29, 0.717) is 23.9 Å². The van der Waals surface area contributed by atoms with Crippen molar-refractivity contribution in [3.63, 3.8) is 0 Å². The van der Waals surface area contributed by atoms with Gasteiger partial charge in [0.2, 0.25) is 5.91 Å². The van der Waals surface area contributed by atoms with Gasteiger partial charge in [0, 0.05) is 6.42 Å². The van der Waals surface area contributed by atoms with E-state index in [0.717, 1.165) is 44.9 Å². The molecular weight excluding hydrogens is 924 g/mol. The normalized spacial score (nSPS) is 13.9. The van der Waals surface area contributed by atoms with Crippen LogP contribution in [0.2, 0.25) is 0 Å². The number of hydrogen-bond acceptors (Lipinski definition) is 5. The maximum Gasteiger partial charge on any atom is 0.472 e. The van der Waals surface area contributed by atoms with Crippen LogP contribution >= 0.6 is 7.82 Å². The molecule has 0 aromatic rings. The van der Waals surface area contributed by atoms with E-state index in [-0.39, 0.29) is 19.1 Å². The van der Waals surface area contributed by atoms with Crippen LogP contribution in [-0.4, -0.2) is 73.4 Å². The Hall–Kier alpha value is -1.02. The molecule has 0 aliphatic heterocycles. The van der Waals surface area contributed by atoms with Crippen molar-refractivity contribution in [2.24, 2.45) is 0 Å². The molecule has 0 rings (SSSR count). The highest BCUT2D eigenvalue weighted by Gasteiger charge is 2.28. The van der Waals surface area contributed by atoms with E-state index in [1.54, 1.807) is 0 Å². The summed E-state index contributed by atoms with van der Waals surface area (Å²) in [6.07, 6.45) is 71.2.